The standard InChI is InChI=1S/C24H15Cl3INO4S/c1-32-20-9-13(8-18(28)22(20)33-12-14-6-7-15(25)11-17(14)27)10-21-23(30)29(24(31)34-21)19-5-3-2-4-16(19)26/h2-11H,12H2,1H3/b21-10-. The number of hydrogen-bond donors (Lipinski definition) is 0. The van der Waals surface area contributed by atoms with Gasteiger partial charge in [0.25, 0.3) is 11.1 Å². The molecule has 5 nitrogen and oxygen atoms in total. The minimum atomic E-state index is -0.435. The van der Waals surface area contributed by atoms with Crippen LogP contribution in [0.4, 0.5) is 10.5 Å². The molecular formula is C24H15Cl3INO4S. The maximum Gasteiger partial charge on any atom is 0.298 e. The zero-order valence-electron chi connectivity index (χ0n) is 17.5. The summed E-state index contributed by atoms with van der Waals surface area (Å²) in [5.74, 6) is 0.582. The number of halogens is 4. The quantitative estimate of drug-likeness (QED) is 0.200. The third-order valence-electron chi connectivity index (χ3n) is 4.82. The van der Waals surface area contributed by atoms with Crippen molar-refractivity contribution in [1.29, 1.82) is 0 Å². The maximum absolute atomic E-state index is 13.0. The van der Waals surface area contributed by atoms with Crippen LogP contribution in [-0.2, 0) is 11.4 Å². The Hall–Kier alpha value is -1.91. The number of imide groups is 1. The molecule has 0 bridgehead atoms. The number of methoxy groups -OCH3 is 1. The normalized spacial score (nSPS) is 14.7. The number of para-hydroxylation sites is 1. The first-order valence-electron chi connectivity index (χ1n) is 9.75. The smallest absolute Gasteiger partial charge is 0.298 e. The number of carbonyl (C=O) groups is 2. The summed E-state index contributed by atoms with van der Waals surface area (Å²) < 4.78 is 12.3. The van der Waals surface area contributed by atoms with Gasteiger partial charge in [-0.2, -0.15) is 0 Å². The van der Waals surface area contributed by atoms with Gasteiger partial charge in [-0.3, -0.25) is 9.59 Å². The number of nitrogens with zero attached hydrogens (tertiary/aromatic N) is 1. The summed E-state index contributed by atoms with van der Waals surface area (Å²) >= 11 is 21.4. The van der Waals surface area contributed by atoms with Gasteiger partial charge in [0.2, 0.25) is 0 Å². The van der Waals surface area contributed by atoms with Crippen LogP contribution in [0.2, 0.25) is 15.1 Å². The second-order valence-electron chi connectivity index (χ2n) is 7.03. The largest absolute Gasteiger partial charge is 0.493 e. The van der Waals surface area contributed by atoms with Gasteiger partial charge in [0.1, 0.15) is 6.61 Å². The molecule has 0 atom stereocenters. The van der Waals surface area contributed by atoms with E-state index in [0.29, 0.717) is 37.8 Å². The summed E-state index contributed by atoms with van der Waals surface area (Å²) in [6.45, 7) is 0.221. The Kier molecular flexibility index (Phi) is 7.99. The minimum Gasteiger partial charge on any atom is -0.493 e. The van der Waals surface area contributed by atoms with Gasteiger partial charge in [0.05, 0.1) is 26.3 Å². The summed E-state index contributed by atoms with van der Waals surface area (Å²) in [7, 11) is 1.53. The van der Waals surface area contributed by atoms with Gasteiger partial charge in [0, 0.05) is 15.6 Å². The van der Waals surface area contributed by atoms with Gasteiger partial charge in [-0.25, -0.2) is 4.90 Å². The van der Waals surface area contributed by atoms with Crippen molar-refractivity contribution in [3.63, 3.8) is 0 Å². The van der Waals surface area contributed by atoms with Crippen LogP contribution in [0.5, 0.6) is 11.5 Å². The molecule has 1 aliphatic heterocycles. The van der Waals surface area contributed by atoms with E-state index < -0.39 is 11.1 Å². The molecule has 1 saturated heterocycles. The fraction of sp³-hybridized carbons (Fsp3) is 0.0833. The Labute approximate surface area is 229 Å². The lowest BCUT2D eigenvalue weighted by atomic mass is 10.1. The second-order valence-corrected chi connectivity index (χ2v) is 10.4. The van der Waals surface area contributed by atoms with Gasteiger partial charge in [-0.15, -0.1) is 0 Å². The lowest BCUT2D eigenvalue weighted by Crippen LogP contribution is -2.27. The molecule has 1 aliphatic rings. The molecule has 34 heavy (non-hydrogen) atoms. The summed E-state index contributed by atoms with van der Waals surface area (Å²) in [5, 5.41) is 0.965. The van der Waals surface area contributed by atoms with Crippen LogP contribution in [0, 0.1) is 3.57 Å². The molecule has 174 valence electrons. The monoisotopic (exact) mass is 645 g/mol. The Morgan fingerprint density at radius 1 is 1.03 bits per heavy atom. The van der Waals surface area contributed by atoms with E-state index in [0.717, 1.165) is 25.8 Å². The number of benzene rings is 3. The van der Waals surface area contributed by atoms with Gasteiger partial charge >= 0.3 is 0 Å². The fourth-order valence-electron chi connectivity index (χ4n) is 3.21. The number of amides is 2. The van der Waals surface area contributed by atoms with Gasteiger partial charge < -0.3 is 9.47 Å². The molecule has 0 spiro atoms. The molecule has 0 aromatic heterocycles. The van der Waals surface area contributed by atoms with Crippen LogP contribution in [0.25, 0.3) is 6.08 Å². The van der Waals surface area contributed by atoms with Crippen molar-refractivity contribution in [3.8, 4) is 11.5 Å². The van der Waals surface area contributed by atoms with Crippen LogP contribution < -0.4 is 14.4 Å². The summed E-state index contributed by atoms with van der Waals surface area (Å²) in [4.78, 5) is 26.9. The van der Waals surface area contributed by atoms with E-state index in [-0.39, 0.29) is 11.5 Å². The molecule has 10 heteroatoms. The zero-order chi connectivity index (χ0) is 24.4. The highest BCUT2D eigenvalue weighted by molar-refractivity contribution is 14.1. The highest BCUT2D eigenvalue weighted by atomic mass is 127. The topological polar surface area (TPSA) is 55.8 Å². The van der Waals surface area contributed by atoms with Crippen LogP contribution in [0.3, 0.4) is 0 Å². The van der Waals surface area contributed by atoms with E-state index in [4.69, 9.17) is 44.3 Å². The number of anilines is 1. The maximum atomic E-state index is 13.0. The third-order valence-corrected chi connectivity index (χ3v) is 7.40. The van der Waals surface area contributed by atoms with E-state index in [9.17, 15) is 9.59 Å². The first kappa shape index (κ1) is 25.2. The van der Waals surface area contributed by atoms with Crippen molar-refractivity contribution in [2.75, 3.05) is 12.0 Å². The van der Waals surface area contributed by atoms with Gasteiger partial charge in [-0.1, -0.05) is 53.0 Å². The third kappa shape index (κ3) is 5.33. The molecule has 3 aromatic carbocycles. The highest BCUT2D eigenvalue weighted by Crippen LogP contribution is 2.40. The summed E-state index contributed by atoms with van der Waals surface area (Å²) in [6.07, 6.45) is 1.65. The average molecular weight is 647 g/mol. The number of ether oxygens (including phenoxy) is 2. The number of rotatable bonds is 6. The Morgan fingerprint density at radius 3 is 2.50 bits per heavy atom. The first-order valence-corrected chi connectivity index (χ1v) is 12.8. The average Bonchev–Trinajstić information content (AvgIpc) is 3.07. The summed E-state index contributed by atoms with van der Waals surface area (Å²) in [5.41, 5.74) is 1.82. The van der Waals surface area contributed by atoms with Gasteiger partial charge in [0.15, 0.2) is 11.5 Å². The van der Waals surface area contributed by atoms with Crippen LogP contribution in [0.1, 0.15) is 11.1 Å². The van der Waals surface area contributed by atoms with Crippen molar-refractivity contribution >= 4 is 92.1 Å². The van der Waals surface area contributed by atoms with Crippen molar-refractivity contribution < 1.29 is 19.1 Å². The van der Waals surface area contributed by atoms with Crippen LogP contribution >= 0.6 is 69.2 Å². The van der Waals surface area contributed by atoms with Gasteiger partial charge in [-0.05, 0) is 82.4 Å². The fourth-order valence-corrected chi connectivity index (χ4v) is 5.51. The van der Waals surface area contributed by atoms with E-state index >= 15 is 0 Å². The molecule has 4 rings (SSSR count). The Bertz CT molecular complexity index is 1330. The van der Waals surface area contributed by atoms with E-state index in [1.165, 1.54) is 7.11 Å². The van der Waals surface area contributed by atoms with E-state index in [2.05, 4.69) is 22.6 Å². The molecule has 2 amide bonds. The van der Waals surface area contributed by atoms with Crippen molar-refractivity contribution in [3.05, 3.63) is 89.3 Å². The Balaban J connectivity index is 1.59. The number of carbonyl (C=O) groups excluding carboxylic acids is 2. The molecule has 1 heterocycles. The first-order chi connectivity index (χ1) is 16.3. The van der Waals surface area contributed by atoms with Crippen molar-refractivity contribution in [2.24, 2.45) is 0 Å². The predicted molar refractivity (Wildman–Crippen MR) is 146 cm³/mol. The molecule has 0 saturated carbocycles. The molecule has 0 aliphatic carbocycles. The lowest BCUT2D eigenvalue weighted by Gasteiger charge is -2.15. The number of thioether (sulfide) groups is 1. The molecular weight excluding hydrogens is 632 g/mol. The van der Waals surface area contributed by atoms with Crippen LogP contribution in [0.15, 0.2) is 59.5 Å². The molecule has 1 fully saturated rings. The molecule has 0 radical (unpaired) electrons. The molecule has 0 N–H and O–H groups in total. The minimum absolute atomic E-state index is 0.221. The lowest BCUT2D eigenvalue weighted by molar-refractivity contribution is -0.113. The second kappa shape index (κ2) is 10.8. The predicted octanol–water partition coefficient (Wildman–Crippen LogP) is 8.08. The van der Waals surface area contributed by atoms with E-state index in [1.54, 1.807) is 54.6 Å². The van der Waals surface area contributed by atoms with Crippen molar-refractivity contribution in [2.45, 2.75) is 6.61 Å². The molecule has 3 aromatic rings. The SMILES string of the molecule is COc1cc(/C=C2\SC(=O)N(c3ccccc3Cl)C2=O)cc(I)c1OCc1ccc(Cl)cc1Cl. The van der Waals surface area contributed by atoms with E-state index in [1.807, 2.05) is 6.07 Å². The molecule has 0 unspecified atom stereocenters. The summed E-state index contributed by atoms with van der Waals surface area (Å²) in [6, 6.07) is 15.5. The Morgan fingerprint density at radius 2 is 1.79 bits per heavy atom. The highest BCUT2D eigenvalue weighted by Gasteiger charge is 2.37. The zero-order valence-corrected chi connectivity index (χ0v) is 22.7. The number of hydrogen-bond acceptors (Lipinski definition) is 5. The van der Waals surface area contributed by atoms with Crippen molar-refractivity contribution in [1.82, 2.24) is 0 Å². The van der Waals surface area contributed by atoms with Crippen LogP contribution in [-0.4, -0.2) is 18.3 Å².